The van der Waals surface area contributed by atoms with Crippen LogP contribution in [0.5, 0.6) is 5.75 Å². The molecule has 5 rings (SSSR count). The third-order valence-corrected chi connectivity index (χ3v) is 8.34. The topological polar surface area (TPSA) is 111 Å². The van der Waals surface area contributed by atoms with E-state index in [1.165, 1.54) is 18.4 Å². The number of fused-ring (bicyclic) bond motifs is 4. The monoisotopic (exact) mass is 476 g/mol. The largest absolute Gasteiger partial charge is 0.486 e. The number of imidazole rings is 1. The molecule has 1 fully saturated rings. The maximum Gasteiger partial charge on any atom is 0.239 e. The Bertz CT molecular complexity index is 1360. The summed E-state index contributed by atoms with van der Waals surface area (Å²) in [6.45, 7) is 5.09. The zero-order valence-electron chi connectivity index (χ0n) is 18.8. The Morgan fingerprint density at radius 2 is 2.00 bits per heavy atom. The number of nitrogens with zero attached hydrogens (tertiary/aromatic N) is 5. The first-order valence-corrected chi connectivity index (χ1v) is 12.5. The van der Waals surface area contributed by atoms with Crippen molar-refractivity contribution in [2.45, 2.75) is 24.6 Å². The molecule has 1 aromatic carbocycles. The van der Waals surface area contributed by atoms with Gasteiger partial charge in [-0.15, -0.1) is 0 Å². The number of morpholine rings is 1. The van der Waals surface area contributed by atoms with Crippen LogP contribution in [0.4, 0.5) is 16.2 Å². The average molecular weight is 477 g/mol. The van der Waals surface area contributed by atoms with Crippen molar-refractivity contribution in [2.24, 2.45) is 0 Å². The second-order valence-corrected chi connectivity index (χ2v) is 11.3. The van der Waals surface area contributed by atoms with Gasteiger partial charge in [-0.1, -0.05) is 0 Å². The summed E-state index contributed by atoms with van der Waals surface area (Å²) in [5, 5.41) is 2.99. The first-order chi connectivity index (χ1) is 15.6. The number of rotatable bonds is 4. The van der Waals surface area contributed by atoms with Crippen LogP contribution in [0, 0.1) is 5.82 Å². The quantitative estimate of drug-likeness (QED) is 0.603. The third kappa shape index (κ3) is 3.39. The van der Waals surface area contributed by atoms with Gasteiger partial charge in [-0.3, -0.25) is 0 Å². The van der Waals surface area contributed by atoms with Gasteiger partial charge >= 0.3 is 0 Å². The van der Waals surface area contributed by atoms with E-state index in [-0.39, 0.29) is 17.7 Å². The van der Waals surface area contributed by atoms with Crippen molar-refractivity contribution in [1.29, 1.82) is 0 Å². The fourth-order valence-corrected chi connectivity index (χ4v) is 4.60. The second kappa shape index (κ2) is 7.52. The van der Waals surface area contributed by atoms with E-state index >= 15 is 0 Å². The molecule has 0 amide bonds. The molecule has 1 atom stereocenters. The van der Waals surface area contributed by atoms with Crippen LogP contribution in [0.15, 0.2) is 18.2 Å². The van der Waals surface area contributed by atoms with E-state index in [2.05, 4.69) is 20.2 Å². The highest BCUT2D eigenvalue weighted by Crippen LogP contribution is 2.43. The summed E-state index contributed by atoms with van der Waals surface area (Å²) >= 11 is 0. The molecule has 4 heterocycles. The molecule has 0 aliphatic carbocycles. The van der Waals surface area contributed by atoms with Crippen molar-refractivity contribution in [2.75, 3.05) is 49.9 Å². The minimum Gasteiger partial charge on any atom is -0.486 e. The van der Waals surface area contributed by atoms with Crippen molar-refractivity contribution >= 4 is 32.6 Å². The summed E-state index contributed by atoms with van der Waals surface area (Å²) in [6, 6.07) is 4.20. The van der Waals surface area contributed by atoms with Crippen LogP contribution in [0.1, 0.15) is 19.5 Å². The predicted molar refractivity (Wildman–Crippen MR) is 121 cm³/mol. The number of ether oxygens (including phenoxy) is 2. The standard InChI is InChI=1S/C21H25FN6O4S/c1-21(2,33(4,29)30)17-16-18(27-7-8-31-10-13(27)11-32-16)26-20(25-17)28-15-9-12(22)5-6-14(15)24-19(28)23-3/h5-6,9,13H,7-8,10-11H2,1-4H3,(H,23,24). The van der Waals surface area contributed by atoms with E-state index in [4.69, 9.17) is 14.5 Å². The first-order valence-electron chi connectivity index (χ1n) is 10.6. The summed E-state index contributed by atoms with van der Waals surface area (Å²) in [4.78, 5) is 16.0. The van der Waals surface area contributed by atoms with E-state index in [0.29, 0.717) is 54.9 Å². The lowest BCUT2D eigenvalue weighted by molar-refractivity contribution is 0.0691. The zero-order chi connectivity index (χ0) is 23.5. The fraction of sp³-hybridized carbons (Fsp3) is 0.476. The molecule has 2 aromatic heterocycles. The van der Waals surface area contributed by atoms with Crippen molar-refractivity contribution in [1.82, 2.24) is 19.5 Å². The highest BCUT2D eigenvalue weighted by Gasteiger charge is 2.42. The number of benzene rings is 1. The number of aromatic nitrogens is 4. The molecule has 1 unspecified atom stereocenters. The molecule has 10 nitrogen and oxygen atoms in total. The van der Waals surface area contributed by atoms with Gasteiger partial charge < -0.3 is 19.7 Å². The maximum absolute atomic E-state index is 14.1. The van der Waals surface area contributed by atoms with Gasteiger partial charge in [0.15, 0.2) is 21.4 Å². The van der Waals surface area contributed by atoms with Gasteiger partial charge in [0, 0.05) is 25.9 Å². The number of hydrogen-bond acceptors (Lipinski definition) is 9. The Hall–Kier alpha value is -2.99. The van der Waals surface area contributed by atoms with Gasteiger partial charge in [-0.2, -0.15) is 4.98 Å². The van der Waals surface area contributed by atoms with Crippen LogP contribution in [0.25, 0.3) is 17.0 Å². The van der Waals surface area contributed by atoms with E-state index in [0.717, 1.165) is 0 Å². The molecule has 0 saturated carbocycles. The van der Waals surface area contributed by atoms with Crippen LogP contribution in [0.3, 0.4) is 0 Å². The van der Waals surface area contributed by atoms with E-state index < -0.39 is 20.4 Å². The van der Waals surface area contributed by atoms with Crippen molar-refractivity contribution < 1.29 is 22.3 Å². The molecule has 2 aliphatic heterocycles. The summed E-state index contributed by atoms with van der Waals surface area (Å²) in [7, 11) is -1.89. The number of anilines is 2. The maximum atomic E-state index is 14.1. The van der Waals surface area contributed by atoms with Gasteiger partial charge in [0.2, 0.25) is 11.9 Å². The van der Waals surface area contributed by atoms with Crippen LogP contribution in [-0.4, -0.2) is 73.6 Å². The Morgan fingerprint density at radius 1 is 1.21 bits per heavy atom. The smallest absolute Gasteiger partial charge is 0.239 e. The number of sulfone groups is 1. The lowest BCUT2D eigenvalue weighted by atomic mass is 10.1. The van der Waals surface area contributed by atoms with Gasteiger partial charge in [-0.25, -0.2) is 27.3 Å². The Morgan fingerprint density at radius 3 is 2.73 bits per heavy atom. The molecular formula is C21H25FN6O4S. The molecule has 12 heteroatoms. The van der Waals surface area contributed by atoms with E-state index in [1.54, 1.807) is 31.5 Å². The molecule has 0 spiro atoms. The van der Waals surface area contributed by atoms with Crippen LogP contribution in [-0.2, 0) is 19.3 Å². The first kappa shape index (κ1) is 21.8. The zero-order valence-corrected chi connectivity index (χ0v) is 19.6. The van der Waals surface area contributed by atoms with Gasteiger partial charge in [-0.05, 0) is 26.0 Å². The number of halogens is 1. The van der Waals surface area contributed by atoms with Crippen molar-refractivity contribution in [3.63, 3.8) is 0 Å². The van der Waals surface area contributed by atoms with Gasteiger partial charge in [0.25, 0.3) is 0 Å². The van der Waals surface area contributed by atoms with Crippen LogP contribution >= 0.6 is 0 Å². The molecule has 1 N–H and O–H groups in total. The molecule has 3 aromatic rings. The van der Waals surface area contributed by atoms with Crippen molar-refractivity contribution in [3.8, 4) is 11.7 Å². The normalized spacial score (nSPS) is 18.6. The SMILES string of the molecule is CNc1nc2ccc(F)cc2n1-c1nc2c(c(C(C)(C)S(C)(=O)=O)n1)OCC1COCCN21. The number of hydrogen-bond donors (Lipinski definition) is 1. The van der Waals surface area contributed by atoms with Gasteiger partial charge in [0.1, 0.15) is 22.9 Å². The molecule has 33 heavy (non-hydrogen) atoms. The minimum atomic E-state index is -3.58. The fourth-order valence-electron chi connectivity index (χ4n) is 4.11. The molecule has 1 saturated heterocycles. The Labute approximate surface area is 190 Å². The highest BCUT2D eigenvalue weighted by atomic mass is 32.2. The van der Waals surface area contributed by atoms with Crippen LogP contribution < -0.4 is 15.0 Å². The summed E-state index contributed by atoms with van der Waals surface area (Å²) in [5.74, 6) is 0.973. The molecule has 2 aliphatic rings. The average Bonchev–Trinajstić information content (AvgIpc) is 3.15. The molecule has 0 bridgehead atoms. The summed E-state index contributed by atoms with van der Waals surface area (Å²) in [5.41, 5.74) is 1.25. The Kier molecular flexibility index (Phi) is 4.98. The Balaban J connectivity index is 1.83. The lowest BCUT2D eigenvalue weighted by Gasteiger charge is -2.41. The molecular weight excluding hydrogens is 451 g/mol. The number of nitrogens with one attached hydrogen (secondary N) is 1. The minimum absolute atomic E-state index is 0.0519. The molecule has 176 valence electrons. The lowest BCUT2D eigenvalue weighted by Crippen LogP contribution is -2.52. The van der Waals surface area contributed by atoms with E-state index in [9.17, 15) is 12.8 Å². The highest BCUT2D eigenvalue weighted by molar-refractivity contribution is 7.91. The van der Waals surface area contributed by atoms with Gasteiger partial charge in [0.05, 0.1) is 30.3 Å². The second-order valence-electron chi connectivity index (χ2n) is 8.69. The summed E-state index contributed by atoms with van der Waals surface area (Å²) < 4.78 is 51.5. The molecule has 0 radical (unpaired) electrons. The predicted octanol–water partition coefficient (Wildman–Crippen LogP) is 1.87. The van der Waals surface area contributed by atoms with Crippen molar-refractivity contribution in [3.05, 3.63) is 29.7 Å². The summed E-state index contributed by atoms with van der Waals surface area (Å²) in [6.07, 6.45) is 1.17. The van der Waals surface area contributed by atoms with Crippen LogP contribution in [0.2, 0.25) is 0 Å². The van der Waals surface area contributed by atoms with E-state index in [1.807, 2.05) is 0 Å². The third-order valence-electron chi connectivity index (χ3n) is 6.29.